The Morgan fingerprint density at radius 3 is 2.62 bits per heavy atom. The maximum absolute atomic E-state index is 3.74. The lowest BCUT2D eigenvalue weighted by atomic mass is 9.71. The molecule has 0 radical (unpaired) electrons. The SMILES string of the molecule is CCC1(C)Nc2cc(C)ccc2C(C)C1C. The Morgan fingerprint density at radius 1 is 1.31 bits per heavy atom. The van der Waals surface area contributed by atoms with Crippen molar-refractivity contribution in [3.05, 3.63) is 29.3 Å². The Kier molecular flexibility index (Phi) is 2.73. The topological polar surface area (TPSA) is 12.0 Å². The zero-order chi connectivity index (χ0) is 11.9. The molecule has 3 atom stereocenters. The number of hydrogen-bond donors (Lipinski definition) is 1. The first-order valence-electron chi connectivity index (χ1n) is 6.36. The fourth-order valence-corrected chi connectivity index (χ4v) is 2.83. The Morgan fingerprint density at radius 2 is 2.00 bits per heavy atom. The van der Waals surface area contributed by atoms with Crippen LogP contribution in [-0.4, -0.2) is 5.54 Å². The summed E-state index contributed by atoms with van der Waals surface area (Å²) in [6, 6.07) is 6.79. The molecule has 3 unspecified atom stereocenters. The lowest BCUT2D eigenvalue weighted by molar-refractivity contribution is 0.284. The van der Waals surface area contributed by atoms with Gasteiger partial charge in [0, 0.05) is 11.2 Å². The lowest BCUT2D eigenvalue weighted by Crippen LogP contribution is -2.46. The van der Waals surface area contributed by atoms with Crippen LogP contribution in [0.3, 0.4) is 0 Å². The smallest absolute Gasteiger partial charge is 0.0382 e. The van der Waals surface area contributed by atoms with Crippen molar-refractivity contribution in [2.24, 2.45) is 5.92 Å². The van der Waals surface area contributed by atoms with E-state index in [1.165, 1.54) is 23.2 Å². The Hall–Kier alpha value is -0.980. The molecule has 1 heteroatoms. The van der Waals surface area contributed by atoms with Gasteiger partial charge in [-0.1, -0.05) is 32.9 Å². The van der Waals surface area contributed by atoms with Crippen molar-refractivity contribution in [3.63, 3.8) is 0 Å². The quantitative estimate of drug-likeness (QED) is 0.738. The molecule has 0 bridgehead atoms. The van der Waals surface area contributed by atoms with E-state index in [2.05, 4.69) is 58.1 Å². The summed E-state index contributed by atoms with van der Waals surface area (Å²) in [4.78, 5) is 0. The maximum Gasteiger partial charge on any atom is 0.0382 e. The normalized spacial score (nSPS) is 33.1. The van der Waals surface area contributed by atoms with Crippen molar-refractivity contribution in [3.8, 4) is 0 Å². The molecule has 88 valence electrons. The van der Waals surface area contributed by atoms with Crippen LogP contribution in [0.2, 0.25) is 0 Å². The van der Waals surface area contributed by atoms with E-state index < -0.39 is 0 Å². The number of rotatable bonds is 1. The average molecular weight is 217 g/mol. The van der Waals surface area contributed by atoms with E-state index in [-0.39, 0.29) is 5.54 Å². The second-order valence-electron chi connectivity index (χ2n) is 5.56. The van der Waals surface area contributed by atoms with E-state index in [0.29, 0.717) is 11.8 Å². The molecule has 16 heavy (non-hydrogen) atoms. The molecule has 0 amide bonds. The Balaban J connectivity index is 2.48. The number of nitrogens with one attached hydrogen (secondary N) is 1. The average Bonchev–Trinajstić information content (AvgIpc) is 2.26. The molecule has 1 aliphatic heterocycles. The van der Waals surface area contributed by atoms with Crippen molar-refractivity contribution in [2.45, 2.75) is 52.5 Å². The third-order valence-corrected chi connectivity index (χ3v) is 4.61. The van der Waals surface area contributed by atoms with Crippen molar-refractivity contribution in [1.29, 1.82) is 0 Å². The monoisotopic (exact) mass is 217 g/mol. The van der Waals surface area contributed by atoms with E-state index in [9.17, 15) is 0 Å². The number of aryl methyl sites for hydroxylation is 1. The number of hydrogen-bond acceptors (Lipinski definition) is 1. The van der Waals surface area contributed by atoms with Crippen LogP contribution >= 0.6 is 0 Å². The van der Waals surface area contributed by atoms with Gasteiger partial charge in [0.15, 0.2) is 0 Å². The summed E-state index contributed by atoms with van der Waals surface area (Å²) in [6.07, 6.45) is 1.17. The molecular formula is C15H23N. The van der Waals surface area contributed by atoms with E-state index >= 15 is 0 Å². The van der Waals surface area contributed by atoms with Crippen molar-refractivity contribution in [2.75, 3.05) is 5.32 Å². The third kappa shape index (κ3) is 1.63. The van der Waals surface area contributed by atoms with Gasteiger partial charge in [0.05, 0.1) is 0 Å². The van der Waals surface area contributed by atoms with Gasteiger partial charge in [-0.25, -0.2) is 0 Å². The van der Waals surface area contributed by atoms with Crippen LogP contribution in [0, 0.1) is 12.8 Å². The summed E-state index contributed by atoms with van der Waals surface area (Å²) in [5.74, 6) is 1.31. The van der Waals surface area contributed by atoms with Gasteiger partial charge in [-0.15, -0.1) is 0 Å². The van der Waals surface area contributed by atoms with Crippen LogP contribution in [0.25, 0.3) is 0 Å². The highest BCUT2D eigenvalue weighted by atomic mass is 15.0. The molecular weight excluding hydrogens is 194 g/mol. The van der Waals surface area contributed by atoms with Crippen molar-refractivity contribution < 1.29 is 0 Å². The highest BCUT2D eigenvalue weighted by Crippen LogP contribution is 2.44. The minimum Gasteiger partial charge on any atom is -0.379 e. The minimum atomic E-state index is 0.236. The van der Waals surface area contributed by atoms with Crippen LogP contribution in [0.1, 0.15) is 51.2 Å². The van der Waals surface area contributed by atoms with Crippen LogP contribution < -0.4 is 5.32 Å². The van der Waals surface area contributed by atoms with E-state index in [0.717, 1.165) is 0 Å². The summed E-state index contributed by atoms with van der Waals surface area (Å²) in [5.41, 5.74) is 4.39. The first kappa shape index (κ1) is 11.5. The molecule has 0 saturated heterocycles. The fraction of sp³-hybridized carbons (Fsp3) is 0.600. The molecule has 1 heterocycles. The van der Waals surface area contributed by atoms with Crippen LogP contribution in [0.4, 0.5) is 5.69 Å². The van der Waals surface area contributed by atoms with Gasteiger partial charge in [0.25, 0.3) is 0 Å². The van der Waals surface area contributed by atoms with E-state index in [1.54, 1.807) is 0 Å². The van der Waals surface area contributed by atoms with Gasteiger partial charge in [-0.2, -0.15) is 0 Å². The van der Waals surface area contributed by atoms with E-state index in [4.69, 9.17) is 0 Å². The molecule has 0 spiro atoms. The molecule has 0 fully saturated rings. The van der Waals surface area contributed by atoms with Crippen molar-refractivity contribution in [1.82, 2.24) is 0 Å². The van der Waals surface area contributed by atoms with Gasteiger partial charge < -0.3 is 5.32 Å². The number of anilines is 1. The molecule has 1 aliphatic rings. The molecule has 1 nitrogen and oxygen atoms in total. The van der Waals surface area contributed by atoms with Crippen LogP contribution in [-0.2, 0) is 0 Å². The number of fused-ring (bicyclic) bond motifs is 1. The first-order chi connectivity index (χ1) is 7.48. The summed E-state index contributed by atoms with van der Waals surface area (Å²) in [6.45, 7) is 11.5. The molecule has 2 rings (SSSR count). The summed E-state index contributed by atoms with van der Waals surface area (Å²) < 4.78 is 0. The van der Waals surface area contributed by atoms with Crippen LogP contribution in [0.15, 0.2) is 18.2 Å². The molecule has 1 aromatic rings. The van der Waals surface area contributed by atoms with E-state index in [1.807, 2.05) is 0 Å². The summed E-state index contributed by atoms with van der Waals surface area (Å²) >= 11 is 0. The lowest BCUT2D eigenvalue weighted by Gasteiger charge is -2.45. The summed E-state index contributed by atoms with van der Waals surface area (Å²) in [7, 11) is 0. The third-order valence-electron chi connectivity index (χ3n) is 4.61. The van der Waals surface area contributed by atoms with Gasteiger partial charge in [0.1, 0.15) is 0 Å². The maximum atomic E-state index is 3.74. The predicted molar refractivity (Wildman–Crippen MR) is 71.1 cm³/mol. The van der Waals surface area contributed by atoms with Gasteiger partial charge >= 0.3 is 0 Å². The highest BCUT2D eigenvalue weighted by Gasteiger charge is 2.38. The van der Waals surface area contributed by atoms with Gasteiger partial charge in [0.2, 0.25) is 0 Å². The Labute approximate surface area is 99.3 Å². The summed E-state index contributed by atoms with van der Waals surface area (Å²) in [5, 5.41) is 3.74. The van der Waals surface area contributed by atoms with Gasteiger partial charge in [-0.05, 0) is 49.3 Å². The molecule has 0 saturated carbocycles. The molecule has 0 aliphatic carbocycles. The second kappa shape index (κ2) is 3.80. The fourth-order valence-electron chi connectivity index (χ4n) is 2.83. The standard InChI is InChI=1S/C15H23N/c1-6-15(5)12(4)11(3)13-8-7-10(2)9-14(13)16-15/h7-9,11-12,16H,6H2,1-5H3. The Bertz CT molecular complexity index is 396. The second-order valence-corrected chi connectivity index (χ2v) is 5.56. The minimum absolute atomic E-state index is 0.236. The predicted octanol–water partition coefficient (Wildman–Crippen LogP) is 4.33. The van der Waals surface area contributed by atoms with Crippen molar-refractivity contribution >= 4 is 5.69 Å². The van der Waals surface area contributed by atoms with Gasteiger partial charge in [-0.3, -0.25) is 0 Å². The largest absolute Gasteiger partial charge is 0.379 e. The first-order valence-corrected chi connectivity index (χ1v) is 6.36. The molecule has 0 aromatic heterocycles. The van der Waals surface area contributed by atoms with Crippen LogP contribution in [0.5, 0.6) is 0 Å². The molecule has 1 N–H and O–H groups in total. The molecule has 1 aromatic carbocycles. The zero-order valence-corrected chi connectivity index (χ0v) is 11.1. The number of benzene rings is 1. The zero-order valence-electron chi connectivity index (χ0n) is 11.1. The highest BCUT2D eigenvalue weighted by molar-refractivity contribution is 5.59.